The van der Waals surface area contributed by atoms with Gasteiger partial charge in [-0.25, -0.2) is 4.98 Å². The van der Waals surface area contributed by atoms with Gasteiger partial charge in [0.1, 0.15) is 0 Å². The number of aryl methyl sites for hydroxylation is 1. The van der Waals surface area contributed by atoms with Crippen molar-refractivity contribution in [1.29, 1.82) is 0 Å². The highest BCUT2D eigenvalue weighted by Crippen LogP contribution is 2.21. The predicted octanol–water partition coefficient (Wildman–Crippen LogP) is 1.74. The highest BCUT2D eigenvalue weighted by molar-refractivity contribution is 5.31. The maximum Gasteiger partial charge on any atom is 0.226 e. The van der Waals surface area contributed by atoms with E-state index in [4.69, 9.17) is 4.74 Å². The zero-order valence-corrected chi connectivity index (χ0v) is 11.4. The van der Waals surface area contributed by atoms with Crippen LogP contribution in [0.3, 0.4) is 0 Å². The summed E-state index contributed by atoms with van der Waals surface area (Å²) in [4.78, 5) is 8.72. The van der Waals surface area contributed by atoms with Crippen molar-refractivity contribution in [1.82, 2.24) is 15.3 Å². The number of nitrogens with one attached hydrogen (secondary N) is 2. The average molecular weight is 250 g/mol. The maximum absolute atomic E-state index is 5.16. The molecule has 5 nitrogen and oxygen atoms in total. The SMILES string of the molecule is CNC1CCC(Nc2nc(C)cc(OC)n2)CC1. The number of ether oxygens (including phenoxy) is 1. The van der Waals surface area contributed by atoms with Crippen LogP contribution < -0.4 is 15.4 Å². The molecule has 18 heavy (non-hydrogen) atoms. The molecular weight excluding hydrogens is 228 g/mol. The summed E-state index contributed by atoms with van der Waals surface area (Å²) in [6.45, 7) is 1.95. The number of methoxy groups -OCH3 is 1. The second kappa shape index (κ2) is 6.00. The molecule has 0 aliphatic heterocycles. The second-order valence-electron chi connectivity index (χ2n) is 4.86. The summed E-state index contributed by atoms with van der Waals surface area (Å²) in [6, 6.07) is 2.97. The van der Waals surface area contributed by atoms with E-state index >= 15 is 0 Å². The molecule has 0 radical (unpaired) electrons. The summed E-state index contributed by atoms with van der Waals surface area (Å²) < 4.78 is 5.16. The molecule has 0 bridgehead atoms. The van der Waals surface area contributed by atoms with Gasteiger partial charge in [-0.1, -0.05) is 0 Å². The van der Waals surface area contributed by atoms with Crippen LogP contribution in [0.1, 0.15) is 31.4 Å². The number of hydrogen-bond acceptors (Lipinski definition) is 5. The normalized spacial score (nSPS) is 23.7. The summed E-state index contributed by atoms with van der Waals surface area (Å²) in [6.07, 6.45) is 4.73. The van der Waals surface area contributed by atoms with Gasteiger partial charge in [-0.2, -0.15) is 4.98 Å². The fraction of sp³-hybridized carbons (Fsp3) is 0.692. The van der Waals surface area contributed by atoms with E-state index < -0.39 is 0 Å². The molecule has 0 aromatic carbocycles. The van der Waals surface area contributed by atoms with Crippen LogP contribution in [0.4, 0.5) is 5.95 Å². The zero-order chi connectivity index (χ0) is 13.0. The van der Waals surface area contributed by atoms with Gasteiger partial charge in [0.2, 0.25) is 11.8 Å². The number of hydrogen-bond donors (Lipinski definition) is 2. The molecule has 0 spiro atoms. The van der Waals surface area contributed by atoms with Crippen LogP contribution in [-0.2, 0) is 0 Å². The lowest BCUT2D eigenvalue weighted by Gasteiger charge is -2.28. The van der Waals surface area contributed by atoms with Crippen LogP contribution in [-0.4, -0.2) is 36.2 Å². The molecule has 0 amide bonds. The van der Waals surface area contributed by atoms with Crippen molar-refractivity contribution >= 4 is 5.95 Å². The minimum atomic E-state index is 0.473. The zero-order valence-electron chi connectivity index (χ0n) is 11.4. The molecule has 0 saturated heterocycles. The summed E-state index contributed by atoms with van der Waals surface area (Å²) in [7, 11) is 3.66. The smallest absolute Gasteiger partial charge is 0.226 e. The molecule has 2 N–H and O–H groups in total. The Balaban J connectivity index is 1.95. The van der Waals surface area contributed by atoms with Gasteiger partial charge in [0, 0.05) is 23.8 Å². The standard InChI is InChI=1S/C13H22N4O/c1-9-8-12(18-3)17-13(15-9)16-11-6-4-10(14-2)5-7-11/h8,10-11,14H,4-7H2,1-3H3,(H,15,16,17). The first-order valence-electron chi connectivity index (χ1n) is 6.54. The van der Waals surface area contributed by atoms with Crippen molar-refractivity contribution in [3.8, 4) is 5.88 Å². The van der Waals surface area contributed by atoms with E-state index in [1.165, 1.54) is 12.8 Å². The third-order valence-electron chi connectivity index (χ3n) is 3.51. The van der Waals surface area contributed by atoms with E-state index in [1.54, 1.807) is 7.11 Å². The van der Waals surface area contributed by atoms with Gasteiger partial charge in [0.05, 0.1) is 7.11 Å². The van der Waals surface area contributed by atoms with Crippen LogP contribution in [0, 0.1) is 6.92 Å². The van der Waals surface area contributed by atoms with E-state index in [0.29, 0.717) is 23.9 Å². The highest BCUT2D eigenvalue weighted by Gasteiger charge is 2.20. The third-order valence-corrected chi connectivity index (χ3v) is 3.51. The Kier molecular flexibility index (Phi) is 4.36. The van der Waals surface area contributed by atoms with Gasteiger partial charge < -0.3 is 15.4 Å². The Morgan fingerprint density at radius 2 is 1.83 bits per heavy atom. The minimum absolute atomic E-state index is 0.473. The number of rotatable bonds is 4. The van der Waals surface area contributed by atoms with Crippen LogP contribution in [0.15, 0.2) is 6.07 Å². The third kappa shape index (κ3) is 3.32. The van der Waals surface area contributed by atoms with Crippen molar-refractivity contribution < 1.29 is 4.74 Å². The first-order chi connectivity index (χ1) is 8.71. The van der Waals surface area contributed by atoms with Crippen molar-refractivity contribution in [3.63, 3.8) is 0 Å². The lowest BCUT2D eigenvalue weighted by Crippen LogP contribution is -2.35. The molecule has 1 aliphatic rings. The highest BCUT2D eigenvalue weighted by atomic mass is 16.5. The molecule has 0 unspecified atom stereocenters. The summed E-state index contributed by atoms with van der Waals surface area (Å²) >= 11 is 0. The molecule has 1 aromatic rings. The van der Waals surface area contributed by atoms with Crippen LogP contribution in [0.25, 0.3) is 0 Å². The van der Waals surface area contributed by atoms with Crippen LogP contribution >= 0.6 is 0 Å². The second-order valence-corrected chi connectivity index (χ2v) is 4.86. The van der Waals surface area contributed by atoms with Gasteiger partial charge in [-0.15, -0.1) is 0 Å². The largest absolute Gasteiger partial charge is 0.481 e. The van der Waals surface area contributed by atoms with Gasteiger partial charge >= 0.3 is 0 Å². The van der Waals surface area contributed by atoms with Gasteiger partial charge in [-0.05, 0) is 39.7 Å². The monoisotopic (exact) mass is 250 g/mol. The van der Waals surface area contributed by atoms with E-state index in [0.717, 1.165) is 18.5 Å². The molecule has 1 fully saturated rings. The molecule has 100 valence electrons. The van der Waals surface area contributed by atoms with Crippen molar-refractivity contribution in [3.05, 3.63) is 11.8 Å². The summed E-state index contributed by atoms with van der Waals surface area (Å²) in [5.41, 5.74) is 0.924. The quantitative estimate of drug-likeness (QED) is 0.852. The van der Waals surface area contributed by atoms with Crippen molar-refractivity contribution in [2.75, 3.05) is 19.5 Å². The van der Waals surface area contributed by atoms with Crippen molar-refractivity contribution in [2.45, 2.75) is 44.7 Å². The molecule has 1 aromatic heterocycles. The number of aromatic nitrogens is 2. The van der Waals surface area contributed by atoms with E-state index in [9.17, 15) is 0 Å². The summed E-state index contributed by atoms with van der Waals surface area (Å²) in [5, 5.41) is 6.75. The number of nitrogens with zero attached hydrogens (tertiary/aromatic N) is 2. The van der Waals surface area contributed by atoms with E-state index in [2.05, 4.69) is 20.6 Å². The van der Waals surface area contributed by atoms with Crippen LogP contribution in [0.5, 0.6) is 5.88 Å². The molecule has 1 saturated carbocycles. The van der Waals surface area contributed by atoms with Crippen molar-refractivity contribution in [2.24, 2.45) is 0 Å². The fourth-order valence-corrected chi connectivity index (χ4v) is 2.42. The van der Waals surface area contributed by atoms with E-state index in [1.807, 2.05) is 20.0 Å². The Hall–Kier alpha value is -1.36. The molecular formula is C13H22N4O. The lowest BCUT2D eigenvalue weighted by atomic mass is 9.91. The Labute approximate surface area is 108 Å². The molecule has 5 heteroatoms. The maximum atomic E-state index is 5.16. The van der Waals surface area contributed by atoms with Gasteiger partial charge in [0.25, 0.3) is 0 Å². The Morgan fingerprint density at radius 3 is 2.44 bits per heavy atom. The number of anilines is 1. The fourth-order valence-electron chi connectivity index (χ4n) is 2.42. The minimum Gasteiger partial charge on any atom is -0.481 e. The van der Waals surface area contributed by atoms with Crippen LogP contribution in [0.2, 0.25) is 0 Å². The molecule has 0 atom stereocenters. The first-order valence-corrected chi connectivity index (χ1v) is 6.54. The Morgan fingerprint density at radius 1 is 1.17 bits per heavy atom. The lowest BCUT2D eigenvalue weighted by molar-refractivity contribution is 0.369. The van der Waals surface area contributed by atoms with Gasteiger partial charge in [-0.3, -0.25) is 0 Å². The average Bonchev–Trinajstić information content (AvgIpc) is 2.39. The molecule has 1 aliphatic carbocycles. The molecule has 2 rings (SSSR count). The first kappa shape index (κ1) is 13.1. The van der Waals surface area contributed by atoms with Gasteiger partial charge in [0.15, 0.2) is 0 Å². The molecule has 1 heterocycles. The Bertz CT molecular complexity index is 389. The predicted molar refractivity (Wildman–Crippen MR) is 72.0 cm³/mol. The van der Waals surface area contributed by atoms with E-state index in [-0.39, 0.29) is 0 Å². The topological polar surface area (TPSA) is 59.1 Å². The summed E-state index contributed by atoms with van der Waals surface area (Å²) in [5.74, 6) is 1.30.